The Balaban J connectivity index is 1.69. The van der Waals surface area contributed by atoms with Gasteiger partial charge >= 0.3 is 5.97 Å². The van der Waals surface area contributed by atoms with E-state index in [1.54, 1.807) is 25.1 Å². The number of fused-ring (bicyclic) bond motifs is 1. The van der Waals surface area contributed by atoms with E-state index in [4.69, 9.17) is 21.7 Å². The van der Waals surface area contributed by atoms with Gasteiger partial charge in [-0.05, 0) is 75.0 Å². The van der Waals surface area contributed by atoms with Gasteiger partial charge in [0.15, 0.2) is 5.11 Å². The molecule has 1 aromatic carbocycles. The van der Waals surface area contributed by atoms with E-state index in [0.29, 0.717) is 35.1 Å². The summed E-state index contributed by atoms with van der Waals surface area (Å²) >= 11 is 6.87. The number of amides is 1. The number of hydrogen-bond acceptors (Lipinski definition) is 6. The summed E-state index contributed by atoms with van der Waals surface area (Å²) in [5.74, 6) is -0.0385. The predicted molar refractivity (Wildman–Crippen MR) is 127 cm³/mol. The Morgan fingerprint density at radius 2 is 2.00 bits per heavy atom. The summed E-state index contributed by atoms with van der Waals surface area (Å²) in [6, 6.07) is 7.00. The van der Waals surface area contributed by atoms with Crippen LogP contribution in [0.1, 0.15) is 70.7 Å². The maximum atomic E-state index is 12.7. The molecule has 1 aliphatic rings. The smallest absolute Gasteiger partial charge is 0.341 e. The standard InChI is InChI=1S/C23H28N2O4S2/c1-3-5-13-29-16-10-8-9-15(14-16)20(26)24-23(30)25-21-19(22(27)28-4-2)17-11-6-7-12-18(17)31-21/h8-10,14H,3-7,11-13H2,1-2H3,(H2,24,25,26,30). The molecule has 3 rings (SSSR count). The fraction of sp³-hybridized carbons (Fsp3) is 0.435. The van der Waals surface area contributed by atoms with Crippen LogP contribution < -0.4 is 15.4 Å². The number of thiocarbonyl (C=S) groups is 1. The molecule has 8 heteroatoms. The summed E-state index contributed by atoms with van der Waals surface area (Å²) in [6.07, 6.45) is 5.95. The van der Waals surface area contributed by atoms with E-state index in [0.717, 1.165) is 44.1 Å². The Bertz CT molecular complexity index is 955. The van der Waals surface area contributed by atoms with Crippen molar-refractivity contribution in [3.8, 4) is 5.75 Å². The number of ether oxygens (including phenoxy) is 2. The van der Waals surface area contributed by atoms with Crippen LogP contribution in [0.25, 0.3) is 0 Å². The fourth-order valence-corrected chi connectivity index (χ4v) is 4.99. The van der Waals surface area contributed by atoms with Gasteiger partial charge in [-0.15, -0.1) is 11.3 Å². The highest BCUT2D eigenvalue weighted by Crippen LogP contribution is 2.38. The van der Waals surface area contributed by atoms with Crippen molar-refractivity contribution in [1.29, 1.82) is 0 Å². The monoisotopic (exact) mass is 460 g/mol. The molecule has 1 heterocycles. The summed E-state index contributed by atoms with van der Waals surface area (Å²) in [4.78, 5) is 26.4. The van der Waals surface area contributed by atoms with Gasteiger partial charge in [-0.2, -0.15) is 0 Å². The van der Waals surface area contributed by atoms with Crippen LogP contribution in [0.2, 0.25) is 0 Å². The molecule has 6 nitrogen and oxygen atoms in total. The molecule has 0 bridgehead atoms. The van der Waals surface area contributed by atoms with Gasteiger partial charge in [0.2, 0.25) is 0 Å². The lowest BCUT2D eigenvalue weighted by molar-refractivity contribution is 0.0526. The molecular weight excluding hydrogens is 432 g/mol. The Labute approximate surface area is 192 Å². The number of unbranched alkanes of at least 4 members (excludes halogenated alkanes) is 1. The molecule has 0 saturated heterocycles. The molecule has 1 amide bonds. The molecule has 0 unspecified atom stereocenters. The molecule has 0 aliphatic heterocycles. The zero-order chi connectivity index (χ0) is 22.2. The van der Waals surface area contributed by atoms with Gasteiger partial charge in [-0.3, -0.25) is 10.1 Å². The van der Waals surface area contributed by atoms with E-state index in [1.165, 1.54) is 16.2 Å². The first-order valence-electron chi connectivity index (χ1n) is 10.7. The van der Waals surface area contributed by atoms with Crippen molar-refractivity contribution < 1.29 is 19.1 Å². The molecule has 0 saturated carbocycles. The number of thiophene rings is 1. The van der Waals surface area contributed by atoms with Crippen molar-refractivity contribution in [3.63, 3.8) is 0 Å². The number of hydrogen-bond donors (Lipinski definition) is 2. The van der Waals surface area contributed by atoms with Gasteiger partial charge in [-0.25, -0.2) is 4.79 Å². The van der Waals surface area contributed by atoms with Gasteiger partial charge in [0.25, 0.3) is 5.91 Å². The average molecular weight is 461 g/mol. The molecule has 0 radical (unpaired) electrons. The van der Waals surface area contributed by atoms with Crippen LogP contribution in [0, 0.1) is 0 Å². The molecule has 2 N–H and O–H groups in total. The molecular formula is C23H28N2O4S2. The number of aryl methyl sites for hydroxylation is 1. The summed E-state index contributed by atoms with van der Waals surface area (Å²) in [5, 5.41) is 6.52. The van der Waals surface area contributed by atoms with Crippen molar-refractivity contribution in [1.82, 2.24) is 5.32 Å². The minimum atomic E-state index is -0.351. The first kappa shape index (κ1) is 23.2. The Morgan fingerprint density at radius 3 is 2.77 bits per heavy atom. The van der Waals surface area contributed by atoms with E-state index in [1.807, 2.05) is 6.07 Å². The minimum Gasteiger partial charge on any atom is -0.494 e. The molecule has 0 fully saturated rings. The lowest BCUT2D eigenvalue weighted by atomic mass is 9.95. The molecule has 31 heavy (non-hydrogen) atoms. The van der Waals surface area contributed by atoms with Gasteiger partial charge in [0.05, 0.1) is 18.8 Å². The van der Waals surface area contributed by atoms with Crippen molar-refractivity contribution in [3.05, 3.63) is 45.8 Å². The maximum Gasteiger partial charge on any atom is 0.341 e. The van der Waals surface area contributed by atoms with Crippen molar-refractivity contribution in [2.45, 2.75) is 52.4 Å². The number of nitrogens with one attached hydrogen (secondary N) is 2. The highest BCUT2D eigenvalue weighted by Gasteiger charge is 2.27. The number of anilines is 1. The van der Waals surface area contributed by atoms with Crippen molar-refractivity contribution in [2.75, 3.05) is 18.5 Å². The highest BCUT2D eigenvalue weighted by atomic mass is 32.1. The number of carbonyl (C=O) groups excluding carboxylic acids is 2. The van der Waals surface area contributed by atoms with Crippen LogP contribution in [0.15, 0.2) is 24.3 Å². The van der Waals surface area contributed by atoms with E-state index in [9.17, 15) is 9.59 Å². The SMILES string of the molecule is CCCCOc1cccc(C(=O)NC(=S)Nc2sc3c(c2C(=O)OCC)CCCC3)c1. The predicted octanol–water partition coefficient (Wildman–Crippen LogP) is 5.11. The van der Waals surface area contributed by atoms with Gasteiger partial charge in [0, 0.05) is 10.4 Å². The van der Waals surface area contributed by atoms with Crippen LogP contribution >= 0.6 is 23.6 Å². The first-order valence-corrected chi connectivity index (χ1v) is 11.9. The van der Waals surface area contributed by atoms with Gasteiger partial charge in [-0.1, -0.05) is 19.4 Å². The molecule has 2 aromatic rings. The topological polar surface area (TPSA) is 76.7 Å². The summed E-state index contributed by atoms with van der Waals surface area (Å²) in [5.41, 5.74) is 2.04. The van der Waals surface area contributed by atoms with E-state index < -0.39 is 0 Å². The number of esters is 1. The third kappa shape index (κ3) is 6.04. The van der Waals surface area contributed by atoms with Crippen LogP contribution in [-0.2, 0) is 17.6 Å². The summed E-state index contributed by atoms with van der Waals surface area (Å²) in [7, 11) is 0. The molecule has 1 aliphatic carbocycles. The van der Waals surface area contributed by atoms with Crippen molar-refractivity contribution in [2.24, 2.45) is 0 Å². The van der Waals surface area contributed by atoms with E-state index in [-0.39, 0.29) is 17.0 Å². The summed E-state index contributed by atoms with van der Waals surface area (Å²) in [6.45, 7) is 4.80. The lowest BCUT2D eigenvalue weighted by Crippen LogP contribution is -2.34. The van der Waals surface area contributed by atoms with Crippen molar-refractivity contribution >= 4 is 45.5 Å². The van der Waals surface area contributed by atoms with Gasteiger partial charge in [0.1, 0.15) is 10.8 Å². The second-order valence-corrected chi connectivity index (χ2v) is 8.79. The average Bonchev–Trinajstić information content (AvgIpc) is 3.12. The second-order valence-electron chi connectivity index (χ2n) is 7.27. The second kappa shape index (κ2) is 11.2. The Hall–Kier alpha value is -2.45. The Kier molecular flexibility index (Phi) is 8.43. The normalized spacial score (nSPS) is 12.6. The molecule has 1 aromatic heterocycles. The number of carbonyl (C=O) groups is 2. The van der Waals surface area contributed by atoms with E-state index in [2.05, 4.69) is 17.6 Å². The highest BCUT2D eigenvalue weighted by molar-refractivity contribution is 7.80. The van der Waals surface area contributed by atoms with E-state index >= 15 is 0 Å². The Morgan fingerprint density at radius 1 is 1.19 bits per heavy atom. The third-order valence-corrected chi connectivity index (χ3v) is 6.38. The number of rotatable bonds is 8. The summed E-state index contributed by atoms with van der Waals surface area (Å²) < 4.78 is 10.9. The number of benzene rings is 1. The van der Waals surface area contributed by atoms with Crippen LogP contribution in [-0.4, -0.2) is 30.2 Å². The van der Waals surface area contributed by atoms with Crippen LogP contribution in [0.4, 0.5) is 5.00 Å². The lowest BCUT2D eigenvalue weighted by Gasteiger charge is -2.13. The minimum absolute atomic E-state index is 0.145. The van der Waals surface area contributed by atoms with Gasteiger partial charge < -0.3 is 14.8 Å². The zero-order valence-corrected chi connectivity index (χ0v) is 19.5. The fourth-order valence-electron chi connectivity index (χ4n) is 3.44. The maximum absolute atomic E-state index is 12.7. The molecule has 0 atom stereocenters. The quantitative estimate of drug-likeness (QED) is 0.324. The molecule has 0 spiro atoms. The molecule has 166 valence electrons. The zero-order valence-electron chi connectivity index (χ0n) is 17.9. The van der Waals surface area contributed by atoms with Crippen LogP contribution in [0.3, 0.4) is 0 Å². The van der Waals surface area contributed by atoms with Crippen LogP contribution in [0.5, 0.6) is 5.75 Å². The largest absolute Gasteiger partial charge is 0.494 e. The first-order chi connectivity index (χ1) is 15.0. The third-order valence-electron chi connectivity index (χ3n) is 4.97.